The molecule has 4 aromatic heterocycles. The molecule has 1 aliphatic heterocycles. The molecule has 720 valence electrons. The van der Waals surface area contributed by atoms with Crippen LogP contribution < -0.4 is 40.2 Å². The van der Waals surface area contributed by atoms with Gasteiger partial charge in [-0.15, -0.1) is 0 Å². The van der Waals surface area contributed by atoms with Crippen molar-refractivity contribution >= 4 is 52.5 Å². The second-order valence-corrected chi connectivity index (χ2v) is 37.2. The van der Waals surface area contributed by atoms with Crippen LogP contribution in [0.4, 0.5) is 0 Å². The second-order valence-electron chi connectivity index (χ2n) is 36.1. The molecule has 4 N–H and O–H groups in total. The van der Waals surface area contributed by atoms with Crippen LogP contribution in [-0.4, -0.2) is 108 Å². The van der Waals surface area contributed by atoms with Crippen molar-refractivity contribution in [3.8, 4) is 90.5 Å². The van der Waals surface area contributed by atoms with E-state index in [4.69, 9.17) is 41.8 Å². The molecular formula is C114H128IN9O14. The molecule has 0 unspecified atom stereocenters. The third-order valence-electron chi connectivity index (χ3n) is 23.1. The van der Waals surface area contributed by atoms with E-state index in [0.717, 1.165) is 143 Å². The first-order chi connectivity index (χ1) is 66.7. The summed E-state index contributed by atoms with van der Waals surface area (Å²) in [5, 5.41) is 27.7. The first-order valence-corrected chi connectivity index (χ1v) is 48.7. The molecular weight excluding hydrogens is 1850 g/mol. The number of morpholine rings is 1. The summed E-state index contributed by atoms with van der Waals surface area (Å²) in [4.78, 5) is 64.2. The van der Waals surface area contributed by atoms with Gasteiger partial charge in [-0.3, -0.25) is 28.9 Å². The predicted molar refractivity (Wildman–Crippen MR) is 551 cm³/mol. The van der Waals surface area contributed by atoms with Crippen LogP contribution in [0.3, 0.4) is 0 Å². The third kappa shape index (κ3) is 28.3. The number of carbonyl (C=O) groups is 5. The Morgan fingerprint density at radius 1 is 0.377 bits per heavy atom. The van der Waals surface area contributed by atoms with Crippen LogP contribution >= 0.6 is 22.6 Å². The number of aldehydes is 1. The molecule has 15 rings (SSSR count). The van der Waals surface area contributed by atoms with Gasteiger partial charge in [0.15, 0.2) is 45.8 Å². The molecule has 0 aliphatic carbocycles. The molecule has 0 bridgehead atoms. The topological polar surface area (TPSA) is 287 Å². The zero-order valence-electron chi connectivity index (χ0n) is 82.1. The molecule has 23 nitrogen and oxygen atoms in total. The summed E-state index contributed by atoms with van der Waals surface area (Å²) in [5.41, 5.74) is 22.6. The SMILES string of the molecule is CCNC(=O)c1cc(-c2cc(CC(C)C)c(C)cc2OCc2ccccc2)on1.CCNC(=O)c1noc(-c2cc(CC(C)C)c(C)cc2OCc2ccccc2)c1-c1ccc(C=O)cc1.CCNC(=O)c1noc(-c2cc(CC(C)C)c(C)cc2OCc2ccccc2)c1-c1ccc(CN2CCOCC2)cc1.CCNC(=O)c1noc(-c2cc(CC(C)C)c(C)cc2OCc2ccccc2)c1I. The minimum absolute atomic E-state index is 0.190. The fourth-order valence-electron chi connectivity index (χ4n) is 16.1. The monoisotopic (exact) mass is 1970 g/mol. The summed E-state index contributed by atoms with van der Waals surface area (Å²) in [6, 6.07) is 73.8. The summed E-state index contributed by atoms with van der Waals surface area (Å²) in [5.74, 6) is 5.78. The summed E-state index contributed by atoms with van der Waals surface area (Å²) < 4.78 is 54.4. The number of rotatable bonds is 37. The van der Waals surface area contributed by atoms with Gasteiger partial charge in [-0.25, -0.2) is 0 Å². The number of aryl methyl sites for hydroxylation is 4. The van der Waals surface area contributed by atoms with Gasteiger partial charge in [0.2, 0.25) is 0 Å². The predicted octanol–water partition coefficient (Wildman–Crippen LogP) is 24.3. The van der Waals surface area contributed by atoms with E-state index in [9.17, 15) is 24.0 Å². The maximum atomic E-state index is 13.2. The van der Waals surface area contributed by atoms with Gasteiger partial charge in [0.05, 0.1) is 50.2 Å². The molecule has 5 heterocycles. The maximum Gasteiger partial charge on any atom is 0.274 e. The summed E-state index contributed by atoms with van der Waals surface area (Å²) in [6.45, 7) is 41.4. The van der Waals surface area contributed by atoms with E-state index >= 15 is 0 Å². The van der Waals surface area contributed by atoms with Crippen LogP contribution in [0.25, 0.3) is 67.5 Å². The Kier molecular flexibility index (Phi) is 38.2. The van der Waals surface area contributed by atoms with Crippen molar-refractivity contribution in [3.05, 3.63) is 329 Å². The van der Waals surface area contributed by atoms with Crippen molar-refractivity contribution in [2.75, 3.05) is 52.5 Å². The molecule has 1 fully saturated rings. The number of carbonyl (C=O) groups excluding carboxylic acids is 5. The fraction of sp³-hybridized carbons (Fsp3) is 0.325. The smallest absolute Gasteiger partial charge is 0.274 e. The Morgan fingerprint density at radius 2 is 0.696 bits per heavy atom. The van der Waals surface area contributed by atoms with Gasteiger partial charge in [0, 0.05) is 57.4 Å². The number of nitrogens with zero attached hydrogens (tertiary/aromatic N) is 5. The molecule has 24 heteroatoms. The zero-order valence-corrected chi connectivity index (χ0v) is 84.3. The lowest BCUT2D eigenvalue weighted by atomic mass is 9.92. The number of aromatic nitrogens is 4. The van der Waals surface area contributed by atoms with E-state index in [1.807, 2.05) is 161 Å². The Morgan fingerprint density at radius 3 is 1.05 bits per heavy atom. The molecule has 4 amide bonds. The highest BCUT2D eigenvalue weighted by Crippen LogP contribution is 2.46. The van der Waals surface area contributed by atoms with Crippen molar-refractivity contribution in [2.24, 2.45) is 23.7 Å². The quantitative estimate of drug-likeness (QED) is 0.0208. The number of amides is 4. The Bertz CT molecular complexity index is 6340. The fourth-order valence-corrected chi connectivity index (χ4v) is 16.8. The average molecular weight is 1980 g/mol. The van der Waals surface area contributed by atoms with Gasteiger partial charge in [-0.05, 0) is 259 Å². The van der Waals surface area contributed by atoms with E-state index in [-0.39, 0.29) is 40.7 Å². The maximum absolute atomic E-state index is 13.2. The highest BCUT2D eigenvalue weighted by molar-refractivity contribution is 14.1. The molecule has 0 radical (unpaired) electrons. The van der Waals surface area contributed by atoms with E-state index in [2.05, 4.69) is 213 Å². The first kappa shape index (κ1) is 103. The normalized spacial score (nSPS) is 11.8. The molecule has 1 saturated heterocycles. The van der Waals surface area contributed by atoms with Crippen molar-refractivity contribution < 1.29 is 65.7 Å². The number of hydrogen-bond acceptors (Lipinski definition) is 19. The van der Waals surface area contributed by atoms with Crippen LogP contribution in [0.15, 0.2) is 243 Å². The van der Waals surface area contributed by atoms with Crippen LogP contribution in [0.1, 0.15) is 208 Å². The minimum Gasteiger partial charge on any atom is -0.488 e. The van der Waals surface area contributed by atoms with Gasteiger partial charge >= 0.3 is 0 Å². The van der Waals surface area contributed by atoms with Gasteiger partial charge in [0.1, 0.15) is 55.7 Å². The number of nitrogens with one attached hydrogen (secondary N) is 4. The van der Waals surface area contributed by atoms with Gasteiger partial charge < -0.3 is 63.0 Å². The van der Waals surface area contributed by atoms with Crippen molar-refractivity contribution in [1.29, 1.82) is 0 Å². The molecule has 1 aliphatic rings. The van der Waals surface area contributed by atoms with Crippen molar-refractivity contribution in [1.82, 2.24) is 46.8 Å². The first-order valence-electron chi connectivity index (χ1n) is 47.6. The van der Waals surface area contributed by atoms with Crippen LogP contribution in [0, 0.1) is 54.9 Å². The lowest BCUT2D eigenvalue weighted by molar-refractivity contribution is 0.0342. The summed E-state index contributed by atoms with van der Waals surface area (Å²) in [6.07, 6.45) is 4.50. The van der Waals surface area contributed by atoms with Gasteiger partial charge in [-0.2, -0.15) is 0 Å². The van der Waals surface area contributed by atoms with Gasteiger partial charge in [0.25, 0.3) is 23.6 Å². The standard InChI is InChI=1S/C35H41N3O4.C31H32N2O4.C24H27IN2O3.C24H28N2O3/c1-5-36-35(39)33-32(28-13-11-26(12-14-28)22-38-15-17-40-18-16-38)34(42-37-33)30-21-29(19-24(2)3)25(4)20-31(30)41-23-27-9-7-6-8-10-27;1-5-32-31(35)29-28(24-13-11-22(18-34)12-14-24)30(37-33-29)26-17-25(15-20(2)3)21(4)16-27(26)36-19-23-9-7-6-8-10-23;1-5-26-24(28)22-21(25)23(30-27-22)19-13-18(11-15(2)3)16(4)12-20(19)29-14-17-9-7-6-8-10-17;1-5-25-24(27)21-14-23(29-26-21)20-13-19(11-16(2)3)17(4)12-22(20)28-15-18-9-7-6-8-10-18/h6-14,20-21,24H,5,15-19,22-23H2,1-4H3,(H,36,39);6-14,16-18,20H,5,15,19H2,1-4H3,(H,32,35);6-10,12-13,15H,5,11,14H2,1-4H3,(H,26,28);6-10,12-14,16H,5,11,15H2,1-4H3,(H,25,27). The number of hydrogen-bond donors (Lipinski definition) is 4. The van der Waals surface area contributed by atoms with E-state index < -0.39 is 0 Å². The van der Waals surface area contributed by atoms with E-state index in [1.54, 1.807) is 30.3 Å². The number of halogens is 1. The lowest BCUT2D eigenvalue weighted by Gasteiger charge is -2.26. The van der Waals surface area contributed by atoms with E-state index in [0.29, 0.717) is 137 Å². The Hall–Kier alpha value is -13.6. The number of ether oxygens (including phenoxy) is 5. The highest BCUT2D eigenvalue weighted by Gasteiger charge is 2.32. The highest BCUT2D eigenvalue weighted by atomic mass is 127. The number of benzene rings is 10. The largest absolute Gasteiger partial charge is 0.488 e. The average Bonchev–Trinajstić information content (AvgIpc) is 1.60. The van der Waals surface area contributed by atoms with Crippen LogP contribution in [-0.2, 0) is 63.4 Å². The van der Waals surface area contributed by atoms with Crippen LogP contribution in [0.5, 0.6) is 23.0 Å². The van der Waals surface area contributed by atoms with Crippen molar-refractivity contribution in [2.45, 2.75) is 169 Å². The summed E-state index contributed by atoms with van der Waals surface area (Å²) in [7, 11) is 0. The molecule has 138 heavy (non-hydrogen) atoms. The summed E-state index contributed by atoms with van der Waals surface area (Å²) >= 11 is 2.12. The molecule has 10 aromatic carbocycles. The Labute approximate surface area is 824 Å². The molecule has 0 saturated carbocycles. The van der Waals surface area contributed by atoms with Gasteiger partial charge in [-0.1, -0.05) is 246 Å². The third-order valence-corrected chi connectivity index (χ3v) is 24.1. The zero-order chi connectivity index (χ0) is 98.3. The minimum atomic E-state index is -0.326. The van der Waals surface area contributed by atoms with Crippen LogP contribution in [0.2, 0.25) is 0 Å². The molecule has 14 aromatic rings. The second kappa shape index (κ2) is 51.0. The van der Waals surface area contributed by atoms with Crippen molar-refractivity contribution in [3.63, 3.8) is 0 Å². The molecule has 0 atom stereocenters. The lowest BCUT2D eigenvalue weighted by Crippen LogP contribution is -2.35. The Balaban J connectivity index is 0.000000167. The van der Waals surface area contributed by atoms with E-state index in [1.165, 1.54) is 38.9 Å². The molecule has 0 spiro atoms.